The smallest absolute Gasteiger partial charge is 0.123 e. The predicted octanol–water partition coefficient (Wildman–Crippen LogP) is 13.6. The highest BCUT2D eigenvalue weighted by molar-refractivity contribution is 5.62. The van der Waals surface area contributed by atoms with Crippen LogP contribution in [0.15, 0.2) is 146 Å². The molecule has 0 bridgehead atoms. The average Bonchev–Trinajstić information content (AvgIpc) is 3.16. The molecule has 2 nitrogen and oxygen atoms in total. The Morgan fingerprint density at radius 3 is 0.836 bits per heavy atom. The molecule has 0 radical (unpaired) electrons. The number of phenolic OH excluding ortho intramolecular Hbond substituents is 2. The molecule has 0 amide bonds. The molecule has 6 rings (SSSR count). The Bertz CT molecular complexity index is 2080. The lowest BCUT2D eigenvalue weighted by Crippen LogP contribution is -2.28. The monoisotopic (exact) mass is 728 g/mol. The molecule has 0 saturated carbocycles. The van der Waals surface area contributed by atoms with Crippen molar-refractivity contribution >= 4 is 0 Å². The van der Waals surface area contributed by atoms with Gasteiger partial charge in [-0.2, -0.15) is 0 Å². The van der Waals surface area contributed by atoms with Crippen LogP contribution < -0.4 is 0 Å². The topological polar surface area (TPSA) is 40.5 Å². The molecule has 2 N–H and O–H groups in total. The van der Waals surface area contributed by atoms with Crippen LogP contribution in [-0.2, 0) is 21.7 Å². The minimum atomic E-state index is -0.523. The van der Waals surface area contributed by atoms with Gasteiger partial charge in [0, 0.05) is 49.8 Å². The Morgan fingerprint density at radius 1 is 0.327 bits per heavy atom. The summed E-state index contributed by atoms with van der Waals surface area (Å²) >= 11 is 0. The molecule has 0 aliphatic heterocycles. The first-order chi connectivity index (χ1) is 25.8. The van der Waals surface area contributed by atoms with E-state index in [4.69, 9.17) is 0 Å². The van der Waals surface area contributed by atoms with Gasteiger partial charge in [0.25, 0.3) is 0 Å². The average molecular weight is 729 g/mol. The third kappa shape index (κ3) is 7.37. The summed E-state index contributed by atoms with van der Waals surface area (Å²) in [5.41, 5.74) is 8.03. The van der Waals surface area contributed by atoms with Crippen molar-refractivity contribution in [2.75, 3.05) is 0 Å². The van der Waals surface area contributed by atoms with Gasteiger partial charge in [-0.3, -0.25) is 0 Å². The number of rotatable bonds is 10. The molecule has 0 heterocycles. The molecule has 55 heavy (non-hydrogen) atoms. The van der Waals surface area contributed by atoms with Gasteiger partial charge in [0.15, 0.2) is 0 Å². The van der Waals surface area contributed by atoms with Gasteiger partial charge in [0.2, 0.25) is 0 Å². The van der Waals surface area contributed by atoms with Gasteiger partial charge in [0.1, 0.15) is 11.5 Å². The first-order valence-corrected chi connectivity index (χ1v) is 19.8. The van der Waals surface area contributed by atoms with E-state index in [1.165, 1.54) is 11.1 Å². The van der Waals surface area contributed by atoms with Crippen molar-refractivity contribution < 1.29 is 10.2 Å². The standard InChI is InChI=1S/C53H60O2/c1-49(2,3)46(42-32-40(50(4,5)36-24-16-12-17-25-36)34-44(47(42)54)52(8,9)38-28-20-14-21-29-38)43-33-41(51(6,7)37-26-18-13-19-27-37)35-45(48(43)55)53(10,11)39-30-22-15-23-31-39/h12-35,46,54-55H,1-11H3. The van der Waals surface area contributed by atoms with Crippen LogP contribution in [0.1, 0.15) is 138 Å². The second-order valence-electron chi connectivity index (χ2n) is 18.7. The maximum absolute atomic E-state index is 12.9. The third-order valence-corrected chi connectivity index (χ3v) is 12.5. The van der Waals surface area contributed by atoms with E-state index in [0.29, 0.717) is 0 Å². The van der Waals surface area contributed by atoms with Crippen LogP contribution in [0.4, 0.5) is 0 Å². The zero-order valence-electron chi connectivity index (χ0n) is 34.8. The number of phenols is 2. The van der Waals surface area contributed by atoms with E-state index in [1.54, 1.807) is 0 Å². The largest absolute Gasteiger partial charge is 0.507 e. The molecule has 0 atom stereocenters. The molecule has 0 unspecified atom stereocenters. The fourth-order valence-corrected chi connectivity index (χ4v) is 8.59. The van der Waals surface area contributed by atoms with E-state index in [9.17, 15) is 10.2 Å². The van der Waals surface area contributed by atoms with Gasteiger partial charge >= 0.3 is 0 Å². The summed E-state index contributed by atoms with van der Waals surface area (Å²) in [6, 6.07) is 51.1. The highest BCUT2D eigenvalue weighted by Crippen LogP contribution is 2.54. The Balaban J connectivity index is 1.72. The molecule has 0 aliphatic rings. The minimum absolute atomic E-state index is 0.275. The van der Waals surface area contributed by atoms with E-state index >= 15 is 0 Å². The van der Waals surface area contributed by atoms with Crippen LogP contribution in [0.5, 0.6) is 11.5 Å². The van der Waals surface area contributed by atoms with Crippen molar-refractivity contribution in [2.24, 2.45) is 5.41 Å². The van der Waals surface area contributed by atoms with Gasteiger partial charge in [-0.05, 0) is 38.8 Å². The van der Waals surface area contributed by atoms with Crippen molar-refractivity contribution in [3.05, 3.63) is 201 Å². The molecule has 6 aromatic rings. The fraction of sp³-hybridized carbons (Fsp3) is 0.321. The zero-order valence-corrected chi connectivity index (χ0v) is 34.8. The van der Waals surface area contributed by atoms with Crippen LogP contribution in [0.25, 0.3) is 0 Å². The molecule has 284 valence electrons. The molecule has 0 spiro atoms. The van der Waals surface area contributed by atoms with Gasteiger partial charge in [-0.1, -0.05) is 222 Å². The predicted molar refractivity (Wildman–Crippen MR) is 232 cm³/mol. The van der Waals surface area contributed by atoms with Gasteiger partial charge < -0.3 is 10.2 Å². The lowest BCUT2D eigenvalue weighted by molar-refractivity contribution is 0.333. The maximum Gasteiger partial charge on any atom is 0.123 e. The summed E-state index contributed by atoms with van der Waals surface area (Å²) in [4.78, 5) is 0. The highest BCUT2D eigenvalue weighted by Gasteiger charge is 2.40. The van der Waals surface area contributed by atoms with Crippen molar-refractivity contribution in [3.8, 4) is 11.5 Å². The molecule has 2 heteroatoms. The molecular weight excluding hydrogens is 669 g/mol. The van der Waals surface area contributed by atoms with Crippen LogP contribution in [0.3, 0.4) is 0 Å². The lowest BCUT2D eigenvalue weighted by atomic mass is 9.65. The molecule has 0 saturated heterocycles. The fourth-order valence-electron chi connectivity index (χ4n) is 8.59. The van der Waals surface area contributed by atoms with Crippen LogP contribution >= 0.6 is 0 Å². The third-order valence-electron chi connectivity index (χ3n) is 12.5. The van der Waals surface area contributed by atoms with Gasteiger partial charge in [-0.25, -0.2) is 0 Å². The summed E-state index contributed by atoms with van der Waals surface area (Å²) in [6.07, 6.45) is 0. The van der Waals surface area contributed by atoms with Crippen molar-refractivity contribution in [2.45, 2.75) is 104 Å². The highest BCUT2D eigenvalue weighted by atomic mass is 16.3. The second kappa shape index (κ2) is 14.5. The minimum Gasteiger partial charge on any atom is -0.507 e. The zero-order chi connectivity index (χ0) is 40.0. The van der Waals surface area contributed by atoms with Crippen LogP contribution in [0, 0.1) is 5.41 Å². The van der Waals surface area contributed by atoms with Crippen LogP contribution in [-0.4, -0.2) is 10.2 Å². The molecule has 6 aromatic carbocycles. The maximum atomic E-state index is 12.9. The van der Waals surface area contributed by atoms with Crippen molar-refractivity contribution in [1.29, 1.82) is 0 Å². The van der Waals surface area contributed by atoms with Crippen LogP contribution in [0.2, 0.25) is 0 Å². The number of aromatic hydroxyl groups is 2. The quantitative estimate of drug-likeness (QED) is 0.147. The first-order valence-electron chi connectivity index (χ1n) is 19.8. The summed E-state index contributed by atoms with van der Waals surface area (Å²) in [7, 11) is 0. The first kappa shape index (κ1) is 39.6. The molecule has 0 aromatic heterocycles. The SMILES string of the molecule is CC(C)(c1ccccc1)c1cc(C(c2cc(C(C)(C)c3ccccc3)cc(C(C)(C)c3ccccc3)c2O)C(C)(C)C)c(O)c(C(C)(C)c2ccccc2)c1. The van der Waals surface area contributed by atoms with Crippen molar-refractivity contribution in [3.63, 3.8) is 0 Å². The summed E-state index contributed by atoms with van der Waals surface area (Å²) in [6.45, 7) is 24.6. The van der Waals surface area contributed by atoms with Gasteiger partial charge in [0.05, 0.1) is 0 Å². The lowest BCUT2D eigenvalue weighted by Gasteiger charge is -2.39. The van der Waals surface area contributed by atoms with Gasteiger partial charge in [-0.15, -0.1) is 0 Å². The number of benzene rings is 6. The molecule has 0 fully saturated rings. The Morgan fingerprint density at radius 2 is 0.582 bits per heavy atom. The van der Waals surface area contributed by atoms with E-state index in [1.807, 2.05) is 12.1 Å². The number of hydrogen-bond donors (Lipinski definition) is 2. The Hall–Kier alpha value is -5.08. The van der Waals surface area contributed by atoms with E-state index < -0.39 is 16.2 Å². The Kier molecular flexibility index (Phi) is 10.5. The second-order valence-corrected chi connectivity index (χ2v) is 18.7. The number of hydrogen-bond acceptors (Lipinski definition) is 2. The van der Waals surface area contributed by atoms with Crippen molar-refractivity contribution in [1.82, 2.24) is 0 Å². The normalized spacial score (nSPS) is 12.9. The molecular formula is C53H60O2. The summed E-state index contributed by atoms with van der Waals surface area (Å²) in [5.74, 6) is 0.177. The van der Waals surface area contributed by atoms with E-state index in [0.717, 1.165) is 44.5 Å². The van der Waals surface area contributed by atoms with E-state index in [-0.39, 0.29) is 28.2 Å². The summed E-state index contributed by atoms with van der Waals surface area (Å²) < 4.78 is 0. The molecule has 0 aliphatic carbocycles. The summed E-state index contributed by atoms with van der Waals surface area (Å²) in [5, 5.41) is 25.7. The Labute approximate surface area is 331 Å². The van der Waals surface area contributed by atoms with E-state index in [2.05, 4.69) is 210 Å².